The molecule has 0 aliphatic rings. The van der Waals surface area contributed by atoms with Crippen molar-refractivity contribution in [2.24, 2.45) is 0 Å². The molecule has 0 unspecified atom stereocenters. The summed E-state index contributed by atoms with van der Waals surface area (Å²) in [6.07, 6.45) is -0.161. The maximum atomic E-state index is 13.8. The molecule has 0 aromatic heterocycles. The van der Waals surface area contributed by atoms with Crippen LogP contribution in [0.25, 0.3) is 0 Å². The van der Waals surface area contributed by atoms with Gasteiger partial charge in [-0.3, -0.25) is 14.9 Å². The lowest BCUT2D eigenvalue weighted by molar-refractivity contribution is -0.385. The second-order valence-corrected chi connectivity index (χ2v) is 5.64. The molecule has 28 heavy (non-hydrogen) atoms. The number of ether oxygens (including phenoxy) is 2. The van der Waals surface area contributed by atoms with E-state index < -0.39 is 40.0 Å². The molecule has 8 nitrogen and oxygen atoms in total. The van der Waals surface area contributed by atoms with E-state index in [1.165, 1.54) is 25.3 Å². The molecule has 0 fully saturated rings. The first-order valence-electron chi connectivity index (χ1n) is 7.91. The lowest BCUT2D eigenvalue weighted by Gasteiger charge is -2.17. The molecule has 1 atom stereocenters. The Balaban J connectivity index is 2.27. The number of carbonyl (C=O) groups is 2. The van der Waals surface area contributed by atoms with Crippen LogP contribution in [0.1, 0.15) is 15.9 Å². The monoisotopic (exact) mass is 394 g/mol. The van der Waals surface area contributed by atoms with Gasteiger partial charge in [-0.25, -0.2) is 13.6 Å². The van der Waals surface area contributed by atoms with E-state index in [9.17, 15) is 28.5 Å². The fourth-order valence-electron chi connectivity index (χ4n) is 2.49. The Hall–Kier alpha value is -3.56. The molecule has 0 heterocycles. The second-order valence-electron chi connectivity index (χ2n) is 5.64. The SMILES string of the molecule is COC(=O)[C@H](Cc1ccc(OC)c([N+](=O)[O-])c1)NC(=O)c1ccc(F)cc1F. The van der Waals surface area contributed by atoms with Crippen LogP contribution in [0, 0.1) is 21.7 Å². The smallest absolute Gasteiger partial charge is 0.328 e. The van der Waals surface area contributed by atoms with Gasteiger partial charge in [-0.1, -0.05) is 6.07 Å². The molecule has 0 spiro atoms. The van der Waals surface area contributed by atoms with E-state index in [0.29, 0.717) is 11.6 Å². The van der Waals surface area contributed by atoms with Crippen molar-refractivity contribution in [3.05, 3.63) is 69.3 Å². The molecule has 0 bridgehead atoms. The zero-order chi connectivity index (χ0) is 20.8. The van der Waals surface area contributed by atoms with E-state index in [1.54, 1.807) is 0 Å². The number of hydrogen-bond donors (Lipinski definition) is 1. The Labute approximate surface area is 158 Å². The van der Waals surface area contributed by atoms with Gasteiger partial charge in [0.1, 0.15) is 17.7 Å². The zero-order valence-corrected chi connectivity index (χ0v) is 14.9. The highest BCUT2D eigenvalue weighted by Gasteiger charge is 2.25. The average Bonchev–Trinajstić information content (AvgIpc) is 2.66. The highest BCUT2D eigenvalue weighted by molar-refractivity contribution is 5.97. The van der Waals surface area contributed by atoms with Gasteiger partial charge in [0.05, 0.1) is 24.7 Å². The standard InChI is InChI=1S/C18H16F2N2O6/c1-27-16-6-3-10(8-15(16)22(25)26)7-14(18(24)28-2)21-17(23)12-5-4-11(19)9-13(12)20/h3-6,8-9,14H,7H2,1-2H3,(H,21,23)/t14-/m0/s1. The lowest BCUT2D eigenvalue weighted by atomic mass is 10.0. The summed E-state index contributed by atoms with van der Waals surface area (Å²) in [5.74, 6) is -3.73. The molecule has 0 saturated carbocycles. The van der Waals surface area contributed by atoms with E-state index in [1.807, 2.05) is 0 Å². The molecule has 0 aliphatic carbocycles. The van der Waals surface area contributed by atoms with Crippen LogP contribution < -0.4 is 10.1 Å². The van der Waals surface area contributed by atoms with E-state index >= 15 is 0 Å². The number of rotatable bonds is 7. The van der Waals surface area contributed by atoms with Gasteiger partial charge >= 0.3 is 11.7 Å². The predicted molar refractivity (Wildman–Crippen MR) is 93.0 cm³/mol. The minimum absolute atomic E-state index is 0.0285. The van der Waals surface area contributed by atoms with E-state index in [-0.39, 0.29) is 17.9 Å². The summed E-state index contributed by atoms with van der Waals surface area (Å²) in [6.45, 7) is 0. The summed E-state index contributed by atoms with van der Waals surface area (Å²) in [5.41, 5.74) is -0.446. The van der Waals surface area contributed by atoms with Gasteiger partial charge < -0.3 is 14.8 Å². The van der Waals surface area contributed by atoms with Crippen LogP contribution in [0.5, 0.6) is 5.75 Å². The normalized spacial score (nSPS) is 11.4. The highest BCUT2D eigenvalue weighted by atomic mass is 19.1. The fraction of sp³-hybridized carbons (Fsp3) is 0.222. The van der Waals surface area contributed by atoms with Gasteiger partial charge in [0.25, 0.3) is 5.91 Å². The van der Waals surface area contributed by atoms with Gasteiger partial charge in [-0.2, -0.15) is 0 Å². The van der Waals surface area contributed by atoms with Crippen molar-refractivity contribution in [1.29, 1.82) is 0 Å². The van der Waals surface area contributed by atoms with Crippen LogP contribution in [0.2, 0.25) is 0 Å². The molecule has 2 aromatic carbocycles. The van der Waals surface area contributed by atoms with Crippen LogP contribution in [0.15, 0.2) is 36.4 Å². The summed E-state index contributed by atoms with van der Waals surface area (Å²) in [7, 11) is 2.37. The molecule has 2 aromatic rings. The van der Waals surface area contributed by atoms with Crippen molar-refractivity contribution in [3.63, 3.8) is 0 Å². The molecule has 0 saturated heterocycles. The highest BCUT2D eigenvalue weighted by Crippen LogP contribution is 2.28. The first-order chi connectivity index (χ1) is 13.3. The van der Waals surface area contributed by atoms with E-state index in [4.69, 9.17) is 4.74 Å². The number of nitrogens with one attached hydrogen (secondary N) is 1. The number of nitro benzene ring substituents is 1. The number of nitro groups is 1. The Bertz CT molecular complexity index is 919. The summed E-state index contributed by atoms with van der Waals surface area (Å²) >= 11 is 0. The number of halogens is 2. The number of methoxy groups -OCH3 is 2. The molecular formula is C18H16F2N2O6. The zero-order valence-electron chi connectivity index (χ0n) is 14.9. The molecule has 2 rings (SSSR count). The molecule has 1 N–H and O–H groups in total. The third-order valence-electron chi connectivity index (χ3n) is 3.85. The number of nitrogens with zero attached hydrogens (tertiary/aromatic N) is 1. The van der Waals surface area contributed by atoms with Gasteiger partial charge in [0, 0.05) is 18.6 Å². The van der Waals surface area contributed by atoms with Crippen LogP contribution in [0.4, 0.5) is 14.5 Å². The van der Waals surface area contributed by atoms with Crippen LogP contribution in [-0.2, 0) is 16.0 Å². The van der Waals surface area contributed by atoms with Crippen molar-refractivity contribution in [3.8, 4) is 5.75 Å². The van der Waals surface area contributed by atoms with E-state index in [0.717, 1.165) is 19.2 Å². The van der Waals surface area contributed by atoms with E-state index in [2.05, 4.69) is 10.1 Å². The van der Waals surface area contributed by atoms with Gasteiger partial charge in [-0.15, -0.1) is 0 Å². The topological polar surface area (TPSA) is 108 Å². The van der Waals surface area contributed by atoms with Crippen molar-refractivity contribution in [2.75, 3.05) is 14.2 Å². The third-order valence-corrected chi connectivity index (χ3v) is 3.85. The number of amides is 1. The van der Waals surface area contributed by atoms with Crippen LogP contribution >= 0.6 is 0 Å². The third kappa shape index (κ3) is 4.78. The summed E-state index contributed by atoms with van der Waals surface area (Å²) in [4.78, 5) is 34.8. The Kier molecular flexibility index (Phi) is 6.59. The number of carbonyl (C=O) groups excluding carboxylic acids is 2. The number of benzene rings is 2. The second kappa shape index (κ2) is 8.89. The minimum atomic E-state index is -1.25. The Morgan fingerprint density at radius 2 is 1.89 bits per heavy atom. The first-order valence-corrected chi connectivity index (χ1v) is 7.91. The maximum absolute atomic E-state index is 13.8. The van der Waals surface area contributed by atoms with Gasteiger partial charge in [0.2, 0.25) is 0 Å². The minimum Gasteiger partial charge on any atom is -0.490 e. The predicted octanol–water partition coefficient (Wildman–Crippen LogP) is 2.40. The average molecular weight is 394 g/mol. The summed E-state index contributed by atoms with van der Waals surface area (Å²) < 4.78 is 36.3. The summed E-state index contributed by atoms with van der Waals surface area (Å²) in [5, 5.41) is 13.4. The van der Waals surface area contributed by atoms with Gasteiger partial charge in [0.15, 0.2) is 5.75 Å². The van der Waals surface area contributed by atoms with Crippen LogP contribution in [-0.4, -0.2) is 37.1 Å². The molecule has 1 amide bonds. The number of esters is 1. The lowest BCUT2D eigenvalue weighted by Crippen LogP contribution is -2.43. The quantitative estimate of drug-likeness (QED) is 0.439. The number of hydrogen-bond acceptors (Lipinski definition) is 6. The Morgan fingerprint density at radius 1 is 1.18 bits per heavy atom. The van der Waals surface area contributed by atoms with Crippen LogP contribution in [0.3, 0.4) is 0 Å². The maximum Gasteiger partial charge on any atom is 0.328 e. The molecular weight excluding hydrogens is 378 g/mol. The largest absolute Gasteiger partial charge is 0.490 e. The molecule has 0 radical (unpaired) electrons. The molecule has 148 valence electrons. The van der Waals surface area contributed by atoms with Crippen molar-refractivity contribution in [1.82, 2.24) is 5.32 Å². The molecule has 0 aliphatic heterocycles. The molecule has 10 heteroatoms. The van der Waals surface area contributed by atoms with Crippen molar-refractivity contribution in [2.45, 2.75) is 12.5 Å². The summed E-state index contributed by atoms with van der Waals surface area (Å²) in [6, 6.07) is 5.14. The van der Waals surface area contributed by atoms with Crippen molar-refractivity contribution >= 4 is 17.6 Å². The first kappa shape index (κ1) is 20.7. The fourth-order valence-corrected chi connectivity index (χ4v) is 2.49. The Morgan fingerprint density at radius 3 is 2.46 bits per heavy atom. The van der Waals surface area contributed by atoms with Gasteiger partial charge in [-0.05, 0) is 23.8 Å². The van der Waals surface area contributed by atoms with Crippen molar-refractivity contribution < 1.29 is 32.8 Å².